The number of likely N-dealkylation sites (N-methyl/N-ethyl adjacent to an activating group) is 1. The van der Waals surface area contributed by atoms with Gasteiger partial charge < -0.3 is 9.64 Å². The highest BCUT2D eigenvalue weighted by Gasteiger charge is 2.24. The molecule has 5 heteroatoms. The Hall–Kier alpha value is -1.30. The highest BCUT2D eigenvalue weighted by atomic mass is 32.2. The molecule has 2 aliphatic heterocycles. The summed E-state index contributed by atoms with van der Waals surface area (Å²) in [7, 11) is 1.85. The molecule has 0 bridgehead atoms. The van der Waals surface area contributed by atoms with Crippen molar-refractivity contribution in [1.82, 2.24) is 0 Å². The number of nitrogens with zero attached hydrogens (tertiary/aromatic N) is 1. The zero-order chi connectivity index (χ0) is 15.8. The number of rotatable bonds is 3. The molecule has 0 atom stereocenters. The Morgan fingerprint density at radius 3 is 2.91 bits per heavy atom. The zero-order valence-electron chi connectivity index (χ0n) is 13.1. The molecule has 120 valence electrons. The number of amides is 1. The molecule has 1 fully saturated rings. The maximum atomic E-state index is 11.8. The lowest BCUT2D eigenvalue weighted by atomic mass is 9.94. The first-order valence-electron chi connectivity index (χ1n) is 7.94. The van der Waals surface area contributed by atoms with Gasteiger partial charge in [0.1, 0.15) is 0 Å². The van der Waals surface area contributed by atoms with Gasteiger partial charge in [-0.2, -0.15) is 0 Å². The highest BCUT2D eigenvalue weighted by Crippen LogP contribution is 2.39. The van der Waals surface area contributed by atoms with E-state index in [0.29, 0.717) is 12.3 Å². The van der Waals surface area contributed by atoms with E-state index in [4.69, 9.17) is 4.74 Å². The van der Waals surface area contributed by atoms with E-state index in [1.807, 2.05) is 18.4 Å². The molecule has 0 saturated carbocycles. The molecule has 1 aromatic carbocycles. The summed E-state index contributed by atoms with van der Waals surface area (Å²) in [6.07, 6.45) is 2.79. The molecule has 23 heavy (non-hydrogen) atoms. The van der Waals surface area contributed by atoms with E-state index in [-0.39, 0.29) is 5.91 Å². The third kappa shape index (κ3) is 3.05. The van der Waals surface area contributed by atoms with Crippen LogP contribution >= 0.6 is 23.1 Å². The van der Waals surface area contributed by atoms with E-state index in [0.717, 1.165) is 37.3 Å². The maximum Gasteiger partial charge on any atom is 0.231 e. The number of hydrogen-bond donors (Lipinski definition) is 0. The minimum atomic E-state index is 0.181. The number of ether oxygens (including phenoxy) is 1. The van der Waals surface area contributed by atoms with Crippen LogP contribution in [0.15, 0.2) is 38.8 Å². The standard InChI is InChI=1S/C18H19NO2S2/c1-19-16-3-2-15(8-13(16)9-17(19)20)23-18-10-14(11-22-18)12-4-6-21-7-5-12/h2-3,8,10-12H,4-7,9H2,1H3. The van der Waals surface area contributed by atoms with Crippen molar-refractivity contribution in [2.24, 2.45) is 0 Å². The van der Waals surface area contributed by atoms with Crippen LogP contribution in [0.1, 0.15) is 29.9 Å². The van der Waals surface area contributed by atoms with Gasteiger partial charge in [-0.15, -0.1) is 11.3 Å². The molecule has 0 radical (unpaired) electrons. The van der Waals surface area contributed by atoms with E-state index in [9.17, 15) is 4.79 Å². The van der Waals surface area contributed by atoms with Crippen molar-refractivity contribution in [1.29, 1.82) is 0 Å². The van der Waals surface area contributed by atoms with Crippen LogP contribution in [0.4, 0.5) is 5.69 Å². The average molecular weight is 345 g/mol. The first-order chi connectivity index (χ1) is 11.2. The second-order valence-corrected chi connectivity index (χ2v) is 8.39. The van der Waals surface area contributed by atoms with E-state index in [1.165, 1.54) is 14.7 Å². The molecular weight excluding hydrogens is 326 g/mol. The normalized spacial score (nSPS) is 18.5. The van der Waals surface area contributed by atoms with Gasteiger partial charge in [0.2, 0.25) is 5.91 Å². The van der Waals surface area contributed by atoms with Crippen LogP contribution in [0, 0.1) is 0 Å². The fraction of sp³-hybridized carbons (Fsp3) is 0.389. The van der Waals surface area contributed by atoms with Gasteiger partial charge in [0.25, 0.3) is 0 Å². The maximum absolute atomic E-state index is 11.8. The van der Waals surface area contributed by atoms with Crippen molar-refractivity contribution in [3.8, 4) is 0 Å². The zero-order valence-corrected chi connectivity index (χ0v) is 14.7. The molecule has 3 nitrogen and oxygen atoms in total. The fourth-order valence-corrected chi connectivity index (χ4v) is 5.36. The average Bonchev–Trinajstić information content (AvgIpc) is 3.14. The molecule has 1 aromatic heterocycles. The molecule has 0 unspecified atom stereocenters. The van der Waals surface area contributed by atoms with Crippen molar-refractivity contribution in [3.63, 3.8) is 0 Å². The Morgan fingerprint density at radius 1 is 1.26 bits per heavy atom. The molecule has 3 heterocycles. The minimum absolute atomic E-state index is 0.181. The van der Waals surface area contributed by atoms with Gasteiger partial charge in [-0.25, -0.2) is 0 Å². The molecule has 0 aliphatic carbocycles. The largest absolute Gasteiger partial charge is 0.381 e. The summed E-state index contributed by atoms with van der Waals surface area (Å²) in [5.74, 6) is 0.834. The summed E-state index contributed by atoms with van der Waals surface area (Å²) in [6.45, 7) is 1.77. The number of thiophene rings is 1. The van der Waals surface area contributed by atoms with Crippen LogP contribution in [0.5, 0.6) is 0 Å². The Bertz CT molecular complexity index is 734. The summed E-state index contributed by atoms with van der Waals surface area (Å²) < 4.78 is 6.77. The Labute approximate surface area is 144 Å². The predicted molar refractivity (Wildman–Crippen MR) is 94.8 cm³/mol. The number of benzene rings is 1. The SMILES string of the molecule is CN1C(=O)Cc2cc(Sc3cc(C4CCOCC4)cs3)ccc21. The molecule has 2 aromatic rings. The highest BCUT2D eigenvalue weighted by molar-refractivity contribution is 8.01. The van der Waals surface area contributed by atoms with Gasteiger partial charge in [0.15, 0.2) is 0 Å². The van der Waals surface area contributed by atoms with Crippen molar-refractivity contribution in [2.75, 3.05) is 25.2 Å². The van der Waals surface area contributed by atoms with Gasteiger partial charge in [0.05, 0.1) is 10.6 Å². The Morgan fingerprint density at radius 2 is 2.09 bits per heavy atom. The van der Waals surface area contributed by atoms with Crippen LogP contribution in [-0.4, -0.2) is 26.2 Å². The minimum Gasteiger partial charge on any atom is -0.381 e. The topological polar surface area (TPSA) is 29.5 Å². The van der Waals surface area contributed by atoms with Crippen molar-refractivity contribution in [3.05, 3.63) is 40.8 Å². The predicted octanol–water partition coefficient (Wildman–Crippen LogP) is 4.31. The van der Waals surface area contributed by atoms with Gasteiger partial charge in [-0.1, -0.05) is 11.8 Å². The van der Waals surface area contributed by atoms with Crippen molar-refractivity contribution >= 4 is 34.7 Å². The lowest BCUT2D eigenvalue weighted by Crippen LogP contribution is -2.20. The second kappa shape index (κ2) is 6.30. The Balaban J connectivity index is 1.50. The third-order valence-electron chi connectivity index (χ3n) is 4.63. The molecule has 0 N–H and O–H groups in total. The summed E-state index contributed by atoms with van der Waals surface area (Å²) >= 11 is 3.62. The van der Waals surface area contributed by atoms with Crippen LogP contribution in [0.2, 0.25) is 0 Å². The first-order valence-corrected chi connectivity index (χ1v) is 9.64. The van der Waals surface area contributed by atoms with Gasteiger partial charge >= 0.3 is 0 Å². The number of carbonyl (C=O) groups excluding carboxylic acids is 1. The van der Waals surface area contributed by atoms with Gasteiger partial charge in [-0.3, -0.25) is 4.79 Å². The monoisotopic (exact) mass is 345 g/mol. The number of carbonyl (C=O) groups is 1. The number of hydrogen-bond acceptors (Lipinski definition) is 4. The van der Waals surface area contributed by atoms with Crippen molar-refractivity contribution in [2.45, 2.75) is 34.3 Å². The van der Waals surface area contributed by atoms with Crippen LogP contribution in [0.25, 0.3) is 0 Å². The lowest BCUT2D eigenvalue weighted by molar-refractivity contribution is -0.117. The van der Waals surface area contributed by atoms with E-state index in [1.54, 1.807) is 16.7 Å². The second-order valence-electron chi connectivity index (χ2n) is 6.11. The lowest BCUT2D eigenvalue weighted by Gasteiger charge is -2.20. The number of anilines is 1. The molecule has 2 aliphatic rings. The van der Waals surface area contributed by atoms with E-state index < -0.39 is 0 Å². The van der Waals surface area contributed by atoms with Gasteiger partial charge in [-0.05, 0) is 59.5 Å². The summed E-state index contributed by atoms with van der Waals surface area (Å²) in [5, 5.41) is 2.29. The smallest absolute Gasteiger partial charge is 0.231 e. The van der Waals surface area contributed by atoms with Crippen LogP contribution < -0.4 is 4.90 Å². The summed E-state index contributed by atoms with van der Waals surface area (Å²) in [4.78, 5) is 14.8. The molecular formula is C18H19NO2S2. The number of fused-ring (bicyclic) bond motifs is 1. The molecule has 1 saturated heterocycles. The third-order valence-corrected chi connectivity index (χ3v) is 6.72. The van der Waals surface area contributed by atoms with Crippen molar-refractivity contribution < 1.29 is 9.53 Å². The van der Waals surface area contributed by atoms with E-state index in [2.05, 4.69) is 29.6 Å². The molecule has 4 rings (SSSR count). The quantitative estimate of drug-likeness (QED) is 0.830. The summed E-state index contributed by atoms with van der Waals surface area (Å²) in [5.41, 5.74) is 3.65. The van der Waals surface area contributed by atoms with Crippen LogP contribution in [0.3, 0.4) is 0 Å². The van der Waals surface area contributed by atoms with Gasteiger partial charge in [0, 0.05) is 30.8 Å². The molecule has 1 amide bonds. The fourth-order valence-electron chi connectivity index (χ4n) is 3.25. The van der Waals surface area contributed by atoms with E-state index >= 15 is 0 Å². The first kappa shape index (κ1) is 15.2. The van der Waals surface area contributed by atoms with Crippen LogP contribution in [-0.2, 0) is 16.0 Å². The summed E-state index contributed by atoms with van der Waals surface area (Å²) in [6, 6.07) is 8.67. The Kier molecular flexibility index (Phi) is 4.18. The molecule has 0 spiro atoms.